The number of hydrogen-bond acceptors (Lipinski definition) is 0. The van der Waals surface area contributed by atoms with Crippen molar-refractivity contribution in [2.45, 2.75) is 51.4 Å². The Morgan fingerprint density at radius 2 is 1.58 bits per heavy atom. The molecule has 0 heteroatoms. The molecule has 0 spiro atoms. The maximum absolute atomic E-state index is 3.17. The van der Waals surface area contributed by atoms with Crippen LogP contribution in [0.5, 0.6) is 0 Å². The zero-order valence-electron chi connectivity index (χ0n) is 7.81. The van der Waals surface area contributed by atoms with E-state index in [1.54, 1.807) is 0 Å². The van der Waals surface area contributed by atoms with Gasteiger partial charge in [-0.25, -0.2) is 0 Å². The molecule has 1 aliphatic rings. The molecule has 0 aliphatic heterocycles. The van der Waals surface area contributed by atoms with E-state index in [2.05, 4.69) is 17.9 Å². The zero-order chi connectivity index (χ0) is 8.49. The van der Waals surface area contributed by atoms with Crippen LogP contribution in [0.1, 0.15) is 51.4 Å². The Morgan fingerprint density at radius 1 is 0.833 bits per heavy atom. The Bertz CT molecular complexity index is 178. The Morgan fingerprint density at radius 3 is 2.50 bits per heavy atom. The maximum atomic E-state index is 3.17. The maximum Gasteiger partial charge on any atom is 0.00922 e. The van der Waals surface area contributed by atoms with Gasteiger partial charge in [0.2, 0.25) is 0 Å². The van der Waals surface area contributed by atoms with Crippen molar-refractivity contribution in [1.82, 2.24) is 0 Å². The van der Waals surface area contributed by atoms with Crippen molar-refractivity contribution in [3.63, 3.8) is 0 Å². The van der Waals surface area contributed by atoms with E-state index in [0.717, 1.165) is 6.42 Å². The van der Waals surface area contributed by atoms with Gasteiger partial charge in [-0.3, -0.25) is 0 Å². The molecule has 12 heavy (non-hydrogen) atoms. The summed E-state index contributed by atoms with van der Waals surface area (Å²) in [6, 6.07) is 0. The van der Waals surface area contributed by atoms with Crippen molar-refractivity contribution in [3.8, 4) is 11.8 Å². The van der Waals surface area contributed by atoms with Gasteiger partial charge in [0.25, 0.3) is 0 Å². The van der Waals surface area contributed by atoms with Crippen LogP contribution in [0, 0.1) is 11.8 Å². The third-order valence-corrected chi connectivity index (χ3v) is 2.23. The van der Waals surface area contributed by atoms with Crippen LogP contribution in [0.15, 0.2) is 12.2 Å². The lowest BCUT2D eigenvalue weighted by atomic mass is 10.1. The first-order valence-electron chi connectivity index (χ1n) is 5.13. The molecular formula is C12H18. The van der Waals surface area contributed by atoms with Gasteiger partial charge in [0, 0.05) is 6.42 Å². The molecule has 66 valence electrons. The van der Waals surface area contributed by atoms with Gasteiger partial charge in [0.15, 0.2) is 0 Å². The van der Waals surface area contributed by atoms with Crippen molar-refractivity contribution in [1.29, 1.82) is 0 Å². The normalized spacial score (nSPS) is 20.0. The van der Waals surface area contributed by atoms with Crippen molar-refractivity contribution >= 4 is 0 Å². The second-order valence-corrected chi connectivity index (χ2v) is 3.38. The predicted octanol–water partition coefficient (Wildman–Crippen LogP) is 3.68. The fraction of sp³-hybridized carbons (Fsp3) is 0.667. The highest BCUT2D eigenvalue weighted by molar-refractivity contribution is 5.14. The van der Waals surface area contributed by atoms with Crippen LogP contribution in [0.4, 0.5) is 0 Å². The van der Waals surface area contributed by atoms with Crippen LogP contribution in [0.25, 0.3) is 0 Å². The highest BCUT2D eigenvalue weighted by Crippen LogP contribution is 2.08. The average molecular weight is 162 g/mol. The fourth-order valence-corrected chi connectivity index (χ4v) is 1.46. The molecule has 0 nitrogen and oxygen atoms in total. The van der Waals surface area contributed by atoms with Gasteiger partial charge in [-0.15, -0.1) is 0 Å². The minimum absolute atomic E-state index is 1.09. The Kier molecular flexibility index (Phi) is 5.46. The Balaban J connectivity index is 2.25. The van der Waals surface area contributed by atoms with Crippen LogP contribution < -0.4 is 0 Å². The smallest absolute Gasteiger partial charge is 0.00922 e. The van der Waals surface area contributed by atoms with E-state index in [1.165, 1.54) is 44.9 Å². The van der Waals surface area contributed by atoms with E-state index in [9.17, 15) is 0 Å². The van der Waals surface area contributed by atoms with Crippen LogP contribution >= 0.6 is 0 Å². The van der Waals surface area contributed by atoms with Crippen LogP contribution in [0.3, 0.4) is 0 Å². The van der Waals surface area contributed by atoms with Crippen molar-refractivity contribution < 1.29 is 0 Å². The van der Waals surface area contributed by atoms with E-state index in [4.69, 9.17) is 0 Å². The summed E-state index contributed by atoms with van der Waals surface area (Å²) in [4.78, 5) is 0. The number of rotatable bonds is 0. The molecule has 0 atom stereocenters. The van der Waals surface area contributed by atoms with E-state index in [0.29, 0.717) is 0 Å². The first-order chi connectivity index (χ1) is 6.00. The predicted molar refractivity (Wildman–Crippen MR) is 53.9 cm³/mol. The molecule has 0 heterocycles. The Hall–Kier alpha value is -0.700. The second kappa shape index (κ2) is 6.98. The molecule has 0 saturated carbocycles. The zero-order valence-corrected chi connectivity index (χ0v) is 7.81. The minimum Gasteiger partial charge on any atom is -0.0985 e. The first kappa shape index (κ1) is 9.39. The third-order valence-electron chi connectivity index (χ3n) is 2.23. The van der Waals surface area contributed by atoms with Gasteiger partial charge in [0.1, 0.15) is 0 Å². The molecule has 0 radical (unpaired) electrons. The van der Waals surface area contributed by atoms with Gasteiger partial charge in [-0.2, -0.15) is 0 Å². The molecule has 1 rings (SSSR count). The highest BCUT2D eigenvalue weighted by Gasteiger charge is 1.90. The molecule has 1 aliphatic carbocycles. The summed E-state index contributed by atoms with van der Waals surface area (Å²) in [7, 11) is 0. The molecule has 0 N–H and O–H groups in total. The Labute approximate surface area is 76.1 Å². The summed E-state index contributed by atoms with van der Waals surface area (Å²) >= 11 is 0. The standard InChI is InChI=1S/C12H18/c1-2-4-6-8-10-12-11-9-7-5-3-1/h1-2H,3,5,7-12H2. The van der Waals surface area contributed by atoms with Gasteiger partial charge in [0.05, 0.1) is 0 Å². The summed E-state index contributed by atoms with van der Waals surface area (Å²) in [5, 5.41) is 0. The summed E-state index contributed by atoms with van der Waals surface area (Å²) < 4.78 is 0. The van der Waals surface area contributed by atoms with Crippen molar-refractivity contribution in [2.24, 2.45) is 0 Å². The summed E-state index contributed by atoms with van der Waals surface area (Å²) in [6.45, 7) is 0. The van der Waals surface area contributed by atoms with Gasteiger partial charge < -0.3 is 0 Å². The third kappa shape index (κ3) is 5.02. The molecule has 0 fully saturated rings. The summed E-state index contributed by atoms with van der Waals surface area (Å²) in [5.74, 6) is 6.24. The topological polar surface area (TPSA) is 0 Å². The molecule has 0 saturated heterocycles. The molecule has 0 bridgehead atoms. The molecule has 0 aromatic rings. The molecule has 0 aromatic heterocycles. The van der Waals surface area contributed by atoms with Crippen LogP contribution in [-0.4, -0.2) is 0 Å². The summed E-state index contributed by atoms with van der Waals surface area (Å²) in [6.07, 6.45) is 14.8. The largest absolute Gasteiger partial charge is 0.0985 e. The fourth-order valence-electron chi connectivity index (χ4n) is 1.46. The van der Waals surface area contributed by atoms with Gasteiger partial charge in [-0.05, 0) is 25.3 Å². The van der Waals surface area contributed by atoms with Crippen molar-refractivity contribution in [2.75, 3.05) is 0 Å². The van der Waals surface area contributed by atoms with Gasteiger partial charge in [-0.1, -0.05) is 43.6 Å². The average Bonchev–Trinajstić information content (AvgIpc) is 2.05. The van der Waals surface area contributed by atoms with E-state index in [1.807, 2.05) is 6.08 Å². The molecule has 0 unspecified atom stereocenters. The van der Waals surface area contributed by atoms with Gasteiger partial charge >= 0.3 is 0 Å². The van der Waals surface area contributed by atoms with Crippen LogP contribution in [0.2, 0.25) is 0 Å². The highest BCUT2D eigenvalue weighted by atomic mass is 14.0. The van der Waals surface area contributed by atoms with Crippen LogP contribution in [-0.2, 0) is 0 Å². The lowest BCUT2D eigenvalue weighted by Gasteiger charge is -1.98. The van der Waals surface area contributed by atoms with E-state index < -0.39 is 0 Å². The second-order valence-electron chi connectivity index (χ2n) is 3.38. The first-order valence-corrected chi connectivity index (χ1v) is 5.13. The quantitative estimate of drug-likeness (QED) is 0.477. The lowest BCUT2D eigenvalue weighted by molar-refractivity contribution is 0.602. The SMILES string of the molecule is C1#CCCCCCCCCC=C1. The molecular weight excluding hydrogens is 144 g/mol. The van der Waals surface area contributed by atoms with E-state index in [-0.39, 0.29) is 0 Å². The number of hydrogen-bond donors (Lipinski definition) is 0. The molecule has 0 aromatic carbocycles. The summed E-state index contributed by atoms with van der Waals surface area (Å²) in [5.41, 5.74) is 0. The van der Waals surface area contributed by atoms with Crippen molar-refractivity contribution in [3.05, 3.63) is 12.2 Å². The monoisotopic (exact) mass is 162 g/mol. The molecule has 0 amide bonds. The minimum atomic E-state index is 1.09. The number of allylic oxidation sites excluding steroid dienone is 2. The van der Waals surface area contributed by atoms with E-state index >= 15 is 0 Å². The lowest BCUT2D eigenvalue weighted by Crippen LogP contribution is -1.80.